The molecule has 0 saturated heterocycles. The summed E-state index contributed by atoms with van der Waals surface area (Å²) in [7, 11) is 0. The molecule has 0 unspecified atom stereocenters. The molecule has 23 heavy (non-hydrogen) atoms. The summed E-state index contributed by atoms with van der Waals surface area (Å²) < 4.78 is 1.01. The molecule has 2 aliphatic rings. The predicted octanol–water partition coefficient (Wildman–Crippen LogP) is 4.73. The zero-order valence-corrected chi connectivity index (χ0v) is 14.3. The molecular formula is C18H11BrN2OS. The van der Waals surface area contributed by atoms with Crippen molar-refractivity contribution < 1.29 is 4.79 Å². The Hall–Kier alpha value is -2.11. The van der Waals surface area contributed by atoms with E-state index in [9.17, 15) is 4.79 Å². The van der Waals surface area contributed by atoms with Gasteiger partial charge in [-0.3, -0.25) is 9.69 Å². The minimum Gasteiger partial charge on any atom is -0.266 e. The second-order valence-electron chi connectivity index (χ2n) is 5.10. The van der Waals surface area contributed by atoms with Crippen molar-refractivity contribution in [3.8, 4) is 0 Å². The van der Waals surface area contributed by atoms with E-state index in [1.54, 1.807) is 4.90 Å². The summed E-state index contributed by atoms with van der Waals surface area (Å²) >= 11 is 4.91. The number of benzene rings is 2. The highest BCUT2D eigenvalue weighted by molar-refractivity contribution is 9.10. The van der Waals surface area contributed by atoms with E-state index >= 15 is 0 Å². The van der Waals surface area contributed by atoms with Crippen LogP contribution < -0.4 is 0 Å². The Labute approximate surface area is 146 Å². The standard InChI is InChI=1S/C18H11BrN2OS/c19-14-8-6-13(7-9-14)16-11-23-18-20-15(17(22)21(16)18)10-12-4-2-1-3-5-12/h1-11H/b15-10+. The van der Waals surface area contributed by atoms with Crippen molar-refractivity contribution in [1.29, 1.82) is 0 Å². The maximum atomic E-state index is 12.7. The van der Waals surface area contributed by atoms with Gasteiger partial charge in [-0.05, 0) is 29.3 Å². The lowest BCUT2D eigenvalue weighted by Crippen LogP contribution is -2.25. The van der Waals surface area contributed by atoms with Crippen LogP contribution in [0.2, 0.25) is 0 Å². The van der Waals surface area contributed by atoms with Crippen molar-refractivity contribution in [3.63, 3.8) is 0 Å². The van der Waals surface area contributed by atoms with Crippen molar-refractivity contribution in [2.24, 2.45) is 4.99 Å². The normalized spacial score (nSPS) is 18.2. The summed E-state index contributed by atoms with van der Waals surface area (Å²) in [6.45, 7) is 0. The van der Waals surface area contributed by atoms with Crippen LogP contribution in [-0.4, -0.2) is 16.0 Å². The van der Waals surface area contributed by atoms with E-state index in [0.717, 1.165) is 26.5 Å². The molecular weight excluding hydrogens is 372 g/mol. The molecule has 0 bridgehead atoms. The van der Waals surface area contributed by atoms with Crippen molar-refractivity contribution in [3.05, 3.63) is 81.3 Å². The van der Waals surface area contributed by atoms with E-state index in [2.05, 4.69) is 20.9 Å². The molecule has 0 radical (unpaired) electrons. The number of halogens is 1. The van der Waals surface area contributed by atoms with Gasteiger partial charge in [-0.15, -0.1) is 0 Å². The van der Waals surface area contributed by atoms with Crippen LogP contribution in [0.3, 0.4) is 0 Å². The predicted molar refractivity (Wildman–Crippen MR) is 98.4 cm³/mol. The van der Waals surface area contributed by atoms with E-state index in [1.165, 1.54) is 11.8 Å². The van der Waals surface area contributed by atoms with Crippen LogP contribution in [0.5, 0.6) is 0 Å². The van der Waals surface area contributed by atoms with Crippen molar-refractivity contribution in [1.82, 2.24) is 4.90 Å². The number of nitrogens with zero attached hydrogens (tertiary/aromatic N) is 2. The summed E-state index contributed by atoms with van der Waals surface area (Å²) in [6, 6.07) is 17.7. The summed E-state index contributed by atoms with van der Waals surface area (Å²) in [4.78, 5) is 18.9. The van der Waals surface area contributed by atoms with Crippen molar-refractivity contribution in [2.45, 2.75) is 0 Å². The molecule has 112 valence electrons. The van der Waals surface area contributed by atoms with E-state index in [-0.39, 0.29) is 5.91 Å². The first-order valence-electron chi connectivity index (χ1n) is 7.05. The number of thioether (sulfide) groups is 1. The second kappa shape index (κ2) is 5.83. The first-order valence-corrected chi connectivity index (χ1v) is 8.72. The SMILES string of the molecule is O=C1/C(=C\c2ccccc2)N=C2SC=C(c3ccc(Br)cc3)N12. The summed E-state index contributed by atoms with van der Waals surface area (Å²) in [5.41, 5.74) is 3.32. The molecule has 0 spiro atoms. The van der Waals surface area contributed by atoms with E-state index in [0.29, 0.717) is 5.70 Å². The quantitative estimate of drug-likeness (QED) is 0.703. The van der Waals surface area contributed by atoms with E-state index in [1.807, 2.05) is 66.1 Å². The highest BCUT2D eigenvalue weighted by Crippen LogP contribution is 2.39. The van der Waals surface area contributed by atoms with E-state index in [4.69, 9.17) is 0 Å². The van der Waals surface area contributed by atoms with Crippen molar-refractivity contribution >= 4 is 50.5 Å². The summed E-state index contributed by atoms with van der Waals surface area (Å²) in [5.74, 6) is -0.0805. The first kappa shape index (κ1) is 14.5. The van der Waals surface area contributed by atoms with Crippen LogP contribution in [0.4, 0.5) is 0 Å². The lowest BCUT2D eigenvalue weighted by molar-refractivity contribution is -0.120. The van der Waals surface area contributed by atoms with Gasteiger partial charge >= 0.3 is 0 Å². The molecule has 3 nitrogen and oxygen atoms in total. The molecule has 1 amide bonds. The molecule has 2 heterocycles. The fourth-order valence-corrected chi connectivity index (χ4v) is 3.63. The fraction of sp³-hybridized carbons (Fsp3) is 0. The Kier molecular flexibility index (Phi) is 3.67. The number of hydrogen-bond acceptors (Lipinski definition) is 3. The average molecular weight is 383 g/mol. The number of fused-ring (bicyclic) bond motifs is 1. The lowest BCUT2D eigenvalue weighted by atomic mass is 10.1. The van der Waals surface area contributed by atoms with Crippen LogP contribution >= 0.6 is 27.7 Å². The third kappa shape index (κ3) is 2.66. The molecule has 5 heteroatoms. The number of carbonyl (C=O) groups is 1. The van der Waals surface area contributed by atoms with Gasteiger partial charge in [-0.1, -0.05) is 70.2 Å². The Morgan fingerprint density at radius 1 is 1.04 bits per heavy atom. The average Bonchev–Trinajstić information content (AvgIpc) is 3.11. The number of amidine groups is 1. The largest absolute Gasteiger partial charge is 0.283 e. The van der Waals surface area contributed by atoms with Gasteiger partial charge in [0.05, 0.1) is 5.70 Å². The van der Waals surface area contributed by atoms with Gasteiger partial charge in [0, 0.05) is 9.88 Å². The number of hydrogen-bond donors (Lipinski definition) is 0. The maximum Gasteiger partial charge on any atom is 0.283 e. The topological polar surface area (TPSA) is 32.7 Å². The highest BCUT2D eigenvalue weighted by atomic mass is 79.9. The van der Waals surface area contributed by atoms with Gasteiger partial charge < -0.3 is 0 Å². The second-order valence-corrected chi connectivity index (χ2v) is 6.86. The zero-order chi connectivity index (χ0) is 15.8. The van der Waals surface area contributed by atoms with Crippen LogP contribution in [0.25, 0.3) is 11.8 Å². The Morgan fingerprint density at radius 3 is 2.52 bits per heavy atom. The molecule has 0 atom stereocenters. The molecule has 2 aromatic carbocycles. The molecule has 2 aliphatic heterocycles. The Balaban J connectivity index is 1.66. The maximum absolute atomic E-state index is 12.7. The molecule has 2 aromatic rings. The third-order valence-corrected chi connectivity index (χ3v) is 4.94. The highest BCUT2D eigenvalue weighted by Gasteiger charge is 2.37. The van der Waals surface area contributed by atoms with Gasteiger partial charge in [-0.25, -0.2) is 4.99 Å². The Morgan fingerprint density at radius 2 is 1.78 bits per heavy atom. The van der Waals surface area contributed by atoms with Gasteiger partial charge in [0.2, 0.25) is 0 Å². The molecule has 4 rings (SSSR count). The number of aliphatic imine (C=N–C) groups is 1. The first-order chi connectivity index (χ1) is 11.2. The molecule has 0 aliphatic carbocycles. The summed E-state index contributed by atoms with van der Waals surface area (Å²) in [5, 5.41) is 2.69. The smallest absolute Gasteiger partial charge is 0.266 e. The number of amides is 1. The van der Waals surface area contributed by atoms with Crippen LogP contribution in [0, 0.1) is 0 Å². The minimum absolute atomic E-state index is 0.0805. The molecule has 0 N–H and O–H groups in total. The Bertz CT molecular complexity index is 870. The number of carbonyl (C=O) groups excluding carboxylic acids is 1. The lowest BCUT2D eigenvalue weighted by Gasteiger charge is -2.14. The van der Waals surface area contributed by atoms with Gasteiger partial charge in [0.25, 0.3) is 5.91 Å². The fourth-order valence-electron chi connectivity index (χ4n) is 2.47. The monoisotopic (exact) mass is 382 g/mol. The zero-order valence-electron chi connectivity index (χ0n) is 11.9. The summed E-state index contributed by atoms with van der Waals surface area (Å²) in [6.07, 6.45) is 1.83. The van der Waals surface area contributed by atoms with Crippen LogP contribution in [-0.2, 0) is 4.79 Å². The van der Waals surface area contributed by atoms with Gasteiger partial charge in [0.1, 0.15) is 5.70 Å². The van der Waals surface area contributed by atoms with Gasteiger partial charge in [-0.2, -0.15) is 0 Å². The molecule has 0 fully saturated rings. The third-order valence-electron chi connectivity index (χ3n) is 3.59. The molecule has 0 saturated carbocycles. The van der Waals surface area contributed by atoms with Crippen LogP contribution in [0.15, 0.2) is 75.2 Å². The molecule has 0 aromatic heterocycles. The van der Waals surface area contributed by atoms with Crippen LogP contribution in [0.1, 0.15) is 11.1 Å². The van der Waals surface area contributed by atoms with E-state index < -0.39 is 0 Å². The van der Waals surface area contributed by atoms with Crippen molar-refractivity contribution in [2.75, 3.05) is 0 Å². The number of rotatable bonds is 2. The minimum atomic E-state index is -0.0805. The van der Waals surface area contributed by atoms with Gasteiger partial charge in [0.15, 0.2) is 5.17 Å².